The minimum absolute atomic E-state index is 0.151. The van der Waals surface area contributed by atoms with Gasteiger partial charge in [0.15, 0.2) is 11.5 Å². The summed E-state index contributed by atoms with van der Waals surface area (Å²) in [5.41, 5.74) is 7.77. The van der Waals surface area contributed by atoms with Gasteiger partial charge in [0.1, 0.15) is 13.2 Å². The van der Waals surface area contributed by atoms with Crippen LogP contribution in [0.2, 0.25) is 0 Å². The van der Waals surface area contributed by atoms with Crippen LogP contribution >= 0.6 is 0 Å². The van der Waals surface area contributed by atoms with Crippen molar-refractivity contribution < 1.29 is 14.6 Å². The molecule has 1 fully saturated rings. The maximum Gasteiger partial charge on any atom is 0.163 e. The first-order valence-corrected chi connectivity index (χ1v) is 6.86. The fourth-order valence-corrected chi connectivity index (χ4v) is 2.85. The third-order valence-electron chi connectivity index (χ3n) is 3.84. The number of hydrogen-bond acceptors (Lipinski definition) is 5. The lowest BCUT2D eigenvalue weighted by Crippen LogP contribution is -2.42. The van der Waals surface area contributed by atoms with Crippen molar-refractivity contribution in [3.05, 3.63) is 12.1 Å². The first-order valence-electron chi connectivity index (χ1n) is 6.86. The van der Waals surface area contributed by atoms with Gasteiger partial charge in [0.05, 0.1) is 24.0 Å². The zero-order valence-corrected chi connectivity index (χ0v) is 11.0. The van der Waals surface area contributed by atoms with Gasteiger partial charge in [-0.3, -0.25) is 0 Å². The molecule has 0 aliphatic carbocycles. The van der Waals surface area contributed by atoms with Gasteiger partial charge in [-0.05, 0) is 19.3 Å². The summed E-state index contributed by atoms with van der Waals surface area (Å²) in [5.74, 6) is 1.46. The molecule has 3 N–H and O–H groups in total. The van der Waals surface area contributed by atoms with Crippen molar-refractivity contribution in [1.29, 1.82) is 0 Å². The summed E-state index contributed by atoms with van der Waals surface area (Å²) in [7, 11) is 0. The standard InChI is InChI=1S/C14H20N2O3/c15-11-7-13-14(19-6-5-18-13)8-12(11)16-4-2-1-3-10(16)9-17/h7-8,10,17H,1-6,9,15H2. The SMILES string of the molecule is Nc1cc2c(cc1N1CCCCC1CO)OCCO2. The summed E-state index contributed by atoms with van der Waals surface area (Å²) in [6.07, 6.45) is 3.29. The molecule has 0 bridgehead atoms. The van der Waals surface area contributed by atoms with E-state index in [9.17, 15) is 5.11 Å². The molecule has 0 saturated carbocycles. The Kier molecular flexibility index (Phi) is 3.38. The number of hydrogen-bond donors (Lipinski definition) is 2. The quantitative estimate of drug-likeness (QED) is 0.790. The predicted molar refractivity (Wildman–Crippen MR) is 73.9 cm³/mol. The highest BCUT2D eigenvalue weighted by Crippen LogP contribution is 2.40. The number of rotatable bonds is 2. The van der Waals surface area contributed by atoms with Crippen LogP contribution in [0.5, 0.6) is 11.5 Å². The first-order chi connectivity index (χ1) is 9.29. The van der Waals surface area contributed by atoms with Crippen LogP contribution in [0.25, 0.3) is 0 Å². The zero-order valence-electron chi connectivity index (χ0n) is 11.0. The Labute approximate surface area is 112 Å². The molecule has 1 atom stereocenters. The lowest BCUT2D eigenvalue weighted by atomic mass is 10.0. The molecule has 2 aliphatic rings. The Morgan fingerprint density at radius 1 is 1.21 bits per heavy atom. The highest BCUT2D eigenvalue weighted by atomic mass is 16.6. The minimum atomic E-state index is 0.151. The summed E-state index contributed by atoms with van der Waals surface area (Å²) >= 11 is 0. The van der Waals surface area contributed by atoms with E-state index in [0.29, 0.717) is 24.7 Å². The second-order valence-corrected chi connectivity index (χ2v) is 5.08. The van der Waals surface area contributed by atoms with E-state index in [1.165, 1.54) is 0 Å². The van der Waals surface area contributed by atoms with Gasteiger partial charge in [-0.25, -0.2) is 0 Å². The molecule has 5 heteroatoms. The van der Waals surface area contributed by atoms with Crippen molar-refractivity contribution in [2.24, 2.45) is 0 Å². The molecule has 1 saturated heterocycles. The van der Waals surface area contributed by atoms with E-state index in [-0.39, 0.29) is 12.6 Å². The van der Waals surface area contributed by atoms with Crippen LogP contribution in [-0.2, 0) is 0 Å². The van der Waals surface area contributed by atoms with Crippen LogP contribution in [0, 0.1) is 0 Å². The van der Waals surface area contributed by atoms with Crippen molar-refractivity contribution in [1.82, 2.24) is 0 Å². The number of nitrogens with zero attached hydrogens (tertiary/aromatic N) is 1. The van der Waals surface area contributed by atoms with Gasteiger partial charge < -0.3 is 25.2 Å². The lowest BCUT2D eigenvalue weighted by Gasteiger charge is -2.37. The van der Waals surface area contributed by atoms with Crippen molar-refractivity contribution in [2.45, 2.75) is 25.3 Å². The fourth-order valence-electron chi connectivity index (χ4n) is 2.85. The average Bonchev–Trinajstić information content (AvgIpc) is 2.46. The van der Waals surface area contributed by atoms with Crippen LogP contribution in [-0.4, -0.2) is 37.5 Å². The molecule has 2 aliphatic heterocycles. The second kappa shape index (κ2) is 5.17. The number of aliphatic hydroxyl groups is 1. The molecule has 0 aromatic heterocycles. The van der Waals surface area contributed by atoms with Crippen LogP contribution in [0.1, 0.15) is 19.3 Å². The molecular weight excluding hydrogens is 244 g/mol. The Morgan fingerprint density at radius 3 is 2.68 bits per heavy atom. The Balaban J connectivity index is 1.94. The number of nitrogen functional groups attached to an aromatic ring is 1. The van der Waals surface area contributed by atoms with Crippen molar-refractivity contribution in [3.63, 3.8) is 0 Å². The normalized spacial score (nSPS) is 22.4. The van der Waals surface area contributed by atoms with Gasteiger partial charge >= 0.3 is 0 Å². The Bertz CT molecular complexity index is 464. The minimum Gasteiger partial charge on any atom is -0.486 e. The highest BCUT2D eigenvalue weighted by Gasteiger charge is 2.25. The van der Waals surface area contributed by atoms with E-state index in [1.54, 1.807) is 0 Å². The number of fused-ring (bicyclic) bond motifs is 1. The topological polar surface area (TPSA) is 68.0 Å². The molecule has 0 radical (unpaired) electrons. The molecule has 1 unspecified atom stereocenters. The predicted octanol–water partition coefficient (Wildman–Crippen LogP) is 1.39. The van der Waals surface area contributed by atoms with Crippen molar-refractivity contribution in [2.75, 3.05) is 37.0 Å². The van der Waals surface area contributed by atoms with Gasteiger partial charge in [0.2, 0.25) is 0 Å². The first kappa shape index (κ1) is 12.4. The van der Waals surface area contributed by atoms with Gasteiger partial charge in [-0.1, -0.05) is 0 Å². The summed E-state index contributed by atoms with van der Waals surface area (Å²) in [6, 6.07) is 3.92. The summed E-state index contributed by atoms with van der Waals surface area (Å²) < 4.78 is 11.1. The monoisotopic (exact) mass is 264 g/mol. The summed E-state index contributed by atoms with van der Waals surface area (Å²) in [4.78, 5) is 2.19. The number of ether oxygens (including phenoxy) is 2. The number of piperidine rings is 1. The second-order valence-electron chi connectivity index (χ2n) is 5.08. The molecule has 1 aromatic rings. The maximum absolute atomic E-state index is 9.51. The zero-order chi connectivity index (χ0) is 13.2. The summed E-state index contributed by atoms with van der Waals surface area (Å²) in [6.45, 7) is 2.22. The molecule has 0 amide bonds. The maximum atomic E-state index is 9.51. The molecular formula is C14H20N2O3. The molecule has 0 spiro atoms. The largest absolute Gasteiger partial charge is 0.486 e. The van der Waals surface area contributed by atoms with Crippen molar-refractivity contribution in [3.8, 4) is 11.5 Å². The van der Waals surface area contributed by atoms with Crippen LogP contribution in [0.4, 0.5) is 11.4 Å². The van der Waals surface area contributed by atoms with E-state index in [0.717, 1.165) is 37.2 Å². The molecule has 2 heterocycles. The van der Waals surface area contributed by atoms with E-state index in [2.05, 4.69) is 4.90 Å². The average molecular weight is 264 g/mol. The van der Waals surface area contributed by atoms with Gasteiger partial charge in [-0.2, -0.15) is 0 Å². The third kappa shape index (κ3) is 2.30. The molecule has 3 rings (SSSR count). The highest BCUT2D eigenvalue weighted by molar-refractivity contribution is 5.73. The van der Waals surface area contributed by atoms with Crippen LogP contribution < -0.4 is 20.1 Å². The van der Waals surface area contributed by atoms with Gasteiger partial charge in [-0.15, -0.1) is 0 Å². The van der Waals surface area contributed by atoms with E-state index >= 15 is 0 Å². The molecule has 104 valence electrons. The Hall–Kier alpha value is -1.62. The van der Waals surface area contributed by atoms with Gasteiger partial charge in [0.25, 0.3) is 0 Å². The van der Waals surface area contributed by atoms with Crippen molar-refractivity contribution >= 4 is 11.4 Å². The number of benzene rings is 1. The number of anilines is 2. The van der Waals surface area contributed by atoms with E-state index in [1.807, 2.05) is 12.1 Å². The summed E-state index contributed by atoms with van der Waals surface area (Å²) in [5, 5.41) is 9.51. The number of nitrogens with two attached hydrogens (primary N) is 1. The lowest BCUT2D eigenvalue weighted by molar-refractivity contribution is 0.171. The molecule has 5 nitrogen and oxygen atoms in total. The van der Waals surface area contributed by atoms with E-state index in [4.69, 9.17) is 15.2 Å². The fraction of sp³-hybridized carbons (Fsp3) is 0.571. The van der Waals surface area contributed by atoms with Crippen LogP contribution in [0.3, 0.4) is 0 Å². The number of aliphatic hydroxyl groups excluding tert-OH is 1. The smallest absolute Gasteiger partial charge is 0.163 e. The van der Waals surface area contributed by atoms with Gasteiger partial charge in [0, 0.05) is 18.7 Å². The Morgan fingerprint density at radius 2 is 1.95 bits per heavy atom. The van der Waals surface area contributed by atoms with Crippen LogP contribution in [0.15, 0.2) is 12.1 Å². The third-order valence-corrected chi connectivity index (χ3v) is 3.84. The molecule has 1 aromatic carbocycles. The van der Waals surface area contributed by atoms with E-state index < -0.39 is 0 Å². The molecule has 19 heavy (non-hydrogen) atoms.